The van der Waals surface area contributed by atoms with E-state index in [-0.39, 0.29) is 25.2 Å². The highest BCUT2D eigenvalue weighted by Crippen LogP contribution is 2.17. The van der Waals surface area contributed by atoms with Crippen LogP contribution in [0.2, 0.25) is 0 Å². The summed E-state index contributed by atoms with van der Waals surface area (Å²) in [6.45, 7) is 4.04. The lowest BCUT2D eigenvalue weighted by atomic mass is 10.0. The lowest BCUT2D eigenvalue weighted by Gasteiger charge is -2.15. The molecule has 78 heavy (non-hydrogen) atoms. The first-order valence-electron chi connectivity index (χ1n) is 33.1. The second-order valence-corrected chi connectivity index (χ2v) is 21.8. The van der Waals surface area contributed by atoms with Crippen molar-refractivity contribution in [2.75, 3.05) is 13.2 Å². The number of esters is 2. The normalized spacial score (nSPS) is 13.0. The van der Waals surface area contributed by atoms with Gasteiger partial charge in [-0.3, -0.25) is 9.59 Å². The third-order valence-electron chi connectivity index (χ3n) is 14.3. The Hall–Kier alpha value is -3.70. The van der Waals surface area contributed by atoms with Gasteiger partial charge in [-0.05, 0) is 89.9 Å². The number of carbonyl (C=O) groups excluding carboxylic acids is 2. The Balaban J connectivity index is 3.56. The number of allylic oxidation sites excluding steroid dienone is 20. The van der Waals surface area contributed by atoms with Gasteiger partial charge in [0.1, 0.15) is 6.61 Å². The first kappa shape index (κ1) is 74.3. The number of hydrogen-bond acceptors (Lipinski definition) is 5. The van der Waals surface area contributed by atoms with Gasteiger partial charge in [-0.2, -0.15) is 0 Å². The smallest absolute Gasteiger partial charge is 0.306 e. The van der Waals surface area contributed by atoms with Crippen LogP contribution < -0.4 is 0 Å². The number of ether oxygens (including phenoxy) is 2. The Bertz CT molecular complexity index is 1550. The van der Waals surface area contributed by atoms with Crippen LogP contribution in [0, 0.1) is 0 Å². The molecule has 1 N–H and O–H groups in total. The summed E-state index contributed by atoms with van der Waals surface area (Å²) < 4.78 is 10.7. The van der Waals surface area contributed by atoms with E-state index in [0.717, 1.165) is 116 Å². The molecule has 0 aromatic rings. The highest BCUT2D eigenvalue weighted by molar-refractivity contribution is 5.70. The van der Waals surface area contributed by atoms with Gasteiger partial charge in [0.05, 0.1) is 6.61 Å². The van der Waals surface area contributed by atoms with Crippen molar-refractivity contribution in [1.82, 2.24) is 0 Å². The summed E-state index contributed by atoms with van der Waals surface area (Å²) in [7, 11) is 0. The highest BCUT2D eigenvalue weighted by Gasteiger charge is 2.16. The molecule has 0 saturated carbocycles. The van der Waals surface area contributed by atoms with Crippen molar-refractivity contribution >= 4 is 11.9 Å². The molecule has 5 heteroatoms. The van der Waals surface area contributed by atoms with Crippen molar-refractivity contribution in [3.05, 3.63) is 122 Å². The minimum atomic E-state index is -0.794. The second-order valence-electron chi connectivity index (χ2n) is 21.8. The van der Waals surface area contributed by atoms with E-state index >= 15 is 0 Å². The Morgan fingerprint density at radius 3 is 0.833 bits per heavy atom. The monoisotopic (exact) mass is 1080 g/mol. The van der Waals surface area contributed by atoms with Gasteiger partial charge in [0.15, 0.2) is 6.10 Å². The first-order chi connectivity index (χ1) is 38.6. The molecule has 1 atom stereocenters. The van der Waals surface area contributed by atoms with Crippen molar-refractivity contribution < 1.29 is 24.2 Å². The highest BCUT2D eigenvalue weighted by atomic mass is 16.6. The van der Waals surface area contributed by atoms with E-state index in [9.17, 15) is 14.7 Å². The number of aliphatic hydroxyl groups excluding tert-OH is 1. The first-order valence-corrected chi connectivity index (χ1v) is 33.1. The van der Waals surface area contributed by atoms with Gasteiger partial charge < -0.3 is 14.6 Å². The summed E-state index contributed by atoms with van der Waals surface area (Å²) >= 11 is 0. The Labute approximate surface area is 483 Å². The van der Waals surface area contributed by atoms with Gasteiger partial charge >= 0.3 is 11.9 Å². The number of hydrogen-bond donors (Lipinski definition) is 1. The van der Waals surface area contributed by atoms with E-state index in [1.54, 1.807) is 0 Å². The van der Waals surface area contributed by atoms with Gasteiger partial charge in [-0.1, -0.05) is 328 Å². The number of unbranched alkanes of at least 4 members (excludes halogenated alkanes) is 32. The SMILES string of the molecule is CC/C=C\C/C=C\C/C=C\C/C=C\C/C=C\C/C=C\C/C=C\C/C=C\C/C=C\C/C=C\CCCCCCC(=O)OC(CO)COC(=O)CCCCCCCCCCCCCCCCCCCCCCCCCCCCCCC. The fourth-order valence-electron chi connectivity index (χ4n) is 9.35. The predicted molar refractivity (Wildman–Crippen MR) is 343 cm³/mol. The zero-order valence-corrected chi connectivity index (χ0v) is 51.1. The van der Waals surface area contributed by atoms with E-state index in [0.29, 0.717) is 12.8 Å². The van der Waals surface area contributed by atoms with Gasteiger partial charge in [0.2, 0.25) is 0 Å². The van der Waals surface area contributed by atoms with Crippen LogP contribution >= 0.6 is 0 Å². The molecule has 0 aromatic heterocycles. The van der Waals surface area contributed by atoms with Gasteiger partial charge in [0.25, 0.3) is 0 Å². The van der Waals surface area contributed by atoms with Crippen molar-refractivity contribution in [3.8, 4) is 0 Å². The van der Waals surface area contributed by atoms with Crippen molar-refractivity contribution in [3.63, 3.8) is 0 Å². The van der Waals surface area contributed by atoms with Crippen LogP contribution in [0.15, 0.2) is 122 Å². The zero-order chi connectivity index (χ0) is 56.2. The number of rotatable bonds is 60. The van der Waals surface area contributed by atoms with Crippen molar-refractivity contribution in [2.45, 2.75) is 315 Å². The molecule has 5 nitrogen and oxygen atoms in total. The summed E-state index contributed by atoms with van der Waals surface area (Å²) in [5.74, 6) is -0.615. The summed E-state index contributed by atoms with van der Waals surface area (Å²) in [6, 6.07) is 0. The lowest BCUT2D eigenvalue weighted by molar-refractivity contribution is -0.161. The van der Waals surface area contributed by atoms with Crippen molar-refractivity contribution in [2.24, 2.45) is 0 Å². The van der Waals surface area contributed by atoms with Crippen molar-refractivity contribution in [1.29, 1.82) is 0 Å². The topological polar surface area (TPSA) is 72.8 Å². The largest absolute Gasteiger partial charge is 0.462 e. The predicted octanol–water partition coefficient (Wildman–Crippen LogP) is 23.0. The molecule has 0 radical (unpaired) electrons. The van der Waals surface area contributed by atoms with E-state index in [4.69, 9.17) is 9.47 Å². The molecular formula is C73H124O5. The minimum Gasteiger partial charge on any atom is -0.462 e. The van der Waals surface area contributed by atoms with Crippen LogP contribution in [-0.4, -0.2) is 36.4 Å². The molecule has 0 bridgehead atoms. The quantitative estimate of drug-likeness (QED) is 0.0373. The molecule has 0 aliphatic heterocycles. The molecule has 0 spiro atoms. The van der Waals surface area contributed by atoms with Crippen LogP contribution in [0.3, 0.4) is 0 Å². The van der Waals surface area contributed by atoms with Crippen LogP contribution in [0.4, 0.5) is 0 Å². The van der Waals surface area contributed by atoms with Gasteiger partial charge in [-0.25, -0.2) is 0 Å². The maximum absolute atomic E-state index is 12.3. The van der Waals surface area contributed by atoms with E-state index < -0.39 is 6.10 Å². The zero-order valence-electron chi connectivity index (χ0n) is 51.1. The van der Waals surface area contributed by atoms with E-state index in [1.165, 1.54) is 167 Å². The Morgan fingerprint density at radius 1 is 0.308 bits per heavy atom. The maximum atomic E-state index is 12.3. The van der Waals surface area contributed by atoms with E-state index in [2.05, 4.69) is 135 Å². The Kier molecular flexibility index (Phi) is 64.4. The summed E-state index contributed by atoms with van der Waals surface area (Å²) in [5, 5.41) is 9.68. The summed E-state index contributed by atoms with van der Waals surface area (Å²) in [6.07, 6.45) is 99.2. The molecule has 0 saturated heterocycles. The van der Waals surface area contributed by atoms with Crippen LogP contribution in [0.25, 0.3) is 0 Å². The summed E-state index contributed by atoms with van der Waals surface area (Å²) in [5.41, 5.74) is 0. The average molecular weight is 1080 g/mol. The second kappa shape index (κ2) is 67.6. The molecule has 0 fully saturated rings. The van der Waals surface area contributed by atoms with Crippen LogP contribution in [0.5, 0.6) is 0 Å². The Morgan fingerprint density at radius 2 is 0.551 bits per heavy atom. The summed E-state index contributed by atoms with van der Waals surface area (Å²) in [4.78, 5) is 24.6. The molecule has 446 valence electrons. The molecule has 0 rings (SSSR count). The average Bonchev–Trinajstić information content (AvgIpc) is 3.44. The van der Waals surface area contributed by atoms with Gasteiger partial charge in [0, 0.05) is 12.8 Å². The molecule has 0 heterocycles. The molecule has 0 amide bonds. The third-order valence-corrected chi connectivity index (χ3v) is 14.3. The van der Waals surface area contributed by atoms with Crippen LogP contribution in [-0.2, 0) is 19.1 Å². The fraction of sp³-hybridized carbons (Fsp3) is 0.699. The molecule has 1 unspecified atom stereocenters. The molecule has 0 aromatic carbocycles. The van der Waals surface area contributed by atoms with Gasteiger partial charge in [-0.15, -0.1) is 0 Å². The molecule has 0 aliphatic rings. The van der Waals surface area contributed by atoms with E-state index in [1.807, 2.05) is 0 Å². The number of aliphatic hydroxyl groups is 1. The number of carbonyl (C=O) groups is 2. The lowest BCUT2D eigenvalue weighted by Crippen LogP contribution is -2.28. The molecular weight excluding hydrogens is 957 g/mol. The standard InChI is InChI=1S/C73H124O5/c1-3-5-7-9-11-13-15-17-19-21-23-25-27-29-31-33-34-35-36-37-38-40-42-44-46-48-50-52-54-56-58-60-62-64-66-68-73(76)78-71(69-74)70-77-72(75)67-65-63-61-59-57-55-53-51-49-47-45-43-41-39-32-30-28-26-24-22-20-18-16-14-12-10-8-6-4-2/h5,7,11,13,17,19,23,25,29,31,34-35,37-38,42,44,48,50,54,56,71,74H,3-4,6,8-10,12,14-16,18,20-22,24,26-28,30,32-33,36,39-41,43,45-47,49,51-53,55,57-70H2,1-2H3/b7-5-,13-11-,19-17-,25-23-,31-29-,35-34-,38-37-,44-42-,50-48-,56-54-. The maximum Gasteiger partial charge on any atom is 0.306 e. The molecule has 0 aliphatic carbocycles. The fourth-order valence-corrected chi connectivity index (χ4v) is 9.35. The minimum absolute atomic E-state index is 0.0801. The van der Waals surface area contributed by atoms with Crippen LogP contribution in [0.1, 0.15) is 309 Å². The third kappa shape index (κ3) is 64.8.